The molecular weight excluding hydrogens is 326 g/mol. The second-order valence-electron chi connectivity index (χ2n) is 7.09. The van der Waals surface area contributed by atoms with Gasteiger partial charge in [0, 0.05) is 38.1 Å². The topological polar surface area (TPSA) is 56.4 Å². The summed E-state index contributed by atoms with van der Waals surface area (Å²) in [5, 5.41) is 0. The van der Waals surface area contributed by atoms with Crippen LogP contribution in [0, 0.1) is 13.8 Å². The van der Waals surface area contributed by atoms with E-state index < -0.39 is 0 Å². The Labute approximate surface area is 155 Å². The lowest BCUT2D eigenvalue weighted by molar-refractivity contribution is -0.132. The first-order chi connectivity index (χ1) is 12.5. The number of benzene rings is 1. The largest absolute Gasteiger partial charge is 0.365 e. The fourth-order valence-corrected chi connectivity index (χ4v) is 3.43. The Bertz CT molecular complexity index is 768. The molecular formula is C21H27N3O2. The molecule has 0 atom stereocenters. The third-order valence-corrected chi connectivity index (χ3v) is 5.05. The van der Waals surface area contributed by atoms with E-state index in [1.54, 1.807) is 0 Å². The van der Waals surface area contributed by atoms with Gasteiger partial charge in [-0.3, -0.25) is 9.59 Å². The zero-order valence-electron chi connectivity index (χ0n) is 15.6. The van der Waals surface area contributed by atoms with Gasteiger partial charge in [0.05, 0.1) is 12.8 Å². The molecule has 26 heavy (non-hydrogen) atoms. The number of amides is 2. The Morgan fingerprint density at radius 2 is 1.65 bits per heavy atom. The van der Waals surface area contributed by atoms with Gasteiger partial charge in [-0.2, -0.15) is 0 Å². The molecule has 0 saturated carbocycles. The molecule has 2 heterocycles. The summed E-state index contributed by atoms with van der Waals surface area (Å²) in [5.41, 5.74) is 4.36. The lowest BCUT2D eigenvalue weighted by Gasteiger charge is -2.22. The molecule has 1 aromatic carbocycles. The number of aromatic amines is 1. The first-order valence-corrected chi connectivity index (χ1v) is 9.27. The highest BCUT2D eigenvalue weighted by atomic mass is 16.2. The number of carbonyl (C=O) groups excluding carboxylic acids is 2. The van der Waals surface area contributed by atoms with E-state index in [1.165, 1.54) is 5.56 Å². The first kappa shape index (κ1) is 18.2. The molecule has 1 saturated heterocycles. The normalized spacial score (nSPS) is 15.0. The molecule has 0 spiro atoms. The third-order valence-electron chi connectivity index (χ3n) is 5.05. The van der Waals surface area contributed by atoms with Crippen molar-refractivity contribution in [1.29, 1.82) is 0 Å². The molecule has 5 nitrogen and oxygen atoms in total. The van der Waals surface area contributed by atoms with Crippen molar-refractivity contribution in [2.75, 3.05) is 26.2 Å². The van der Waals surface area contributed by atoms with Gasteiger partial charge in [-0.1, -0.05) is 23.8 Å². The number of hydrogen-bond acceptors (Lipinski definition) is 2. The molecule has 0 aliphatic carbocycles. The van der Waals surface area contributed by atoms with Crippen LogP contribution in [-0.4, -0.2) is 52.8 Å². The van der Waals surface area contributed by atoms with Gasteiger partial charge in [-0.25, -0.2) is 0 Å². The van der Waals surface area contributed by atoms with Crippen LogP contribution in [0.5, 0.6) is 0 Å². The van der Waals surface area contributed by atoms with Gasteiger partial charge < -0.3 is 14.8 Å². The average molecular weight is 353 g/mol. The Morgan fingerprint density at radius 3 is 2.31 bits per heavy atom. The smallest absolute Gasteiger partial charge is 0.228 e. The van der Waals surface area contributed by atoms with Crippen LogP contribution >= 0.6 is 0 Å². The molecule has 1 aromatic heterocycles. The Kier molecular flexibility index (Phi) is 5.76. The molecule has 0 unspecified atom stereocenters. The summed E-state index contributed by atoms with van der Waals surface area (Å²) in [4.78, 5) is 32.1. The number of carbonyl (C=O) groups is 2. The van der Waals surface area contributed by atoms with Crippen LogP contribution in [-0.2, 0) is 22.4 Å². The van der Waals surface area contributed by atoms with E-state index in [2.05, 4.69) is 23.2 Å². The maximum Gasteiger partial charge on any atom is 0.228 e. The molecule has 0 radical (unpaired) electrons. The zero-order valence-corrected chi connectivity index (χ0v) is 15.6. The highest BCUT2D eigenvalue weighted by Crippen LogP contribution is 2.14. The maximum atomic E-state index is 12.7. The van der Waals surface area contributed by atoms with Crippen molar-refractivity contribution in [3.63, 3.8) is 0 Å². The molecule has 1 aliphatic rings. The Balaban J connectivity index is 1.56. The number of nitrogens with zero attached hydrogens (tertiary/aromatic N) is 2. The number of aryl methyl sites for hydroxylation is 2. The highest BCUT2D eigenvalue weighted by molar-refractivity contribution is 5.80. The summed E-state index contributed by atoms with van der Waals surface area (Å²) in [7, 11) is 0. The fraction of sp³-hybridized carbons (Fsp3) is 0.429. The van der Waals surface area contributed by atoms with Gasteiger partial charge in [-0.05, 0) is 43.5 Å². The molecule has 138 valence electrons. The number of hydrogen-bond donors (Lipinski definition) is 1. The minimum absolute atomic E-state index is 0.122. The van der Waals surface area contributed by atoms with E-state index >= 15 is 0 Å². The molecule has 0 bridgehead atoms. The van der Waals surface area contributed by atoms with Gasteiger partial charge in [-0.15, -0.1) is 0 Å². The summed E-state index contributed by atoms with van der Waals surface area (Å²) in [5.74, 6) is 0.272. The minimum Gasteiger partial charge on any atom is -0.365 e. The summed E-state index contributed by atoms with van der Waals surface area (Å²) in [6.45, 7) is 6.75. The van der Waals surface area contributed by atoms with E-state index in [4.69, 9.17) is 0 Å². The van der Waals surface area contributed by atoms with Crippen molar-refractivity contribution in [2.24, 2.45) is 0 Å². The van der Waals surface area contributed by atoms with Gasteiger partial charge >= 0.3 is 0 Å². The second kappa shape index (κ2) is 8.21. The van der Waals surface area contributed by atoms with Gasteiger partial charge in [0.15, 0.2) is 0 Å². The Hall–Kier alpha value is -2.56. The van der Waals surface area contributed by atoms with Crippen molar-refractivity contribution in [2.45, 2.75) is 33.1 Å². The SMILES string of the molecule is Cc1ccc(C)c(CC(=O)N2CCCN(C(=O)Cc3ccc[nH]3)CC2)c1. The van der Waals surface area contributed by atoms with Gasteiger partial charge in [0.2, 0.25) is 11.8 Å². The summed E-state index contributed by atoms with van der Waals surface area (Å²) in [6.07, 6.45) is 3.49. The zero-order chi connectivity index (χ0) is 18.5. The lowest BCUT2D eigenvalue weighted by atomic mass is 10.0. The maximum absolute atomic E-state index is 12.7. The van der Waals surface area contributed by atoms with E-state index in [1.807, 2.05) is 42.0 Å². The Morgan fingerprint density at radius 1 is 0.962 bits per heavy atom. The van der Waals surface area contributed by atoms with Crippen molar-refractivity contribution < 1.29 is 9.59 Å². The molecule has 3 rings (SSSR count). The van der Waals surface area contributed by atoms with Crippen LogP contribution in [0.2, 0.25) is 0 Å². The second-order valence-corrected chi connectivity index (χ2v) is 7.09. The predicted octanol–water partition coefficient (Wildman–Crippen LogP) is 2.48. The van der Waals surface area contributed by atoms with Crippen LogP contribution in [0.4, 0.5) is 0 Å². The van der Waals surface area contributed by atoms with Gasteiger partial charge in [0.1, 0.15) is 0 Å². The number of nitrogens with one attached hydrogen (secondary N) is 1. The molecule has 1 aliphatic heterocycles. The average Bonchev–Trinajstić information content (AvgIpc) is 2.99. The summed E-state index contributed by atoms with van der Waals surface area (Å²) in [6, 6.07) is 10.1. The van der Waals surface area contributed by atoms with Crippen molar-refractivity contribution >= 4 is 11.8 Å². The van der Waals surface area contributed by atoms with E-state index in [0.717, 1.165) is 29.8 Å². The molecule has 2 amide bonds. The fourth-order valence-electron chi connectivity index (χ4n) is 3.43. The molecule has 1 N–H and O–H groups in total. The van der Waals surface area contributed by atoms with E-state index in [9.17, 15) is 9.59 Å². The lowest BCUT2D eigenvalue weighted by Crippen LogP contribution is -2.38. The highest BCUT2D eigenvalue weighted by Gasteiger charge is 2.22. The van der Waals surface area contributed by atoms with Crippen LogP contribution < -0.4 is 0 Å². The summed E-state index contributed by atoms with van der Waals surface area (Å²) >= 11 is 0. The first-order valence-electron chi connectivity index (χ1n) is 9.27. The minimum atomic E-state index is 0.122. The number of H-pyrrole nitrogens is 1. The summed E-state index contributed by atoms with van der Waals surface area (Å²) < 4.78 is 0. The van der Waals surface area contributed by atoms with Crippen LogP contribution in [0.15, 0.2) is 36.5 Å². The van der Waals surface area contributed by atoms with Crippen LogP contribution in [0.1, 0.15) is 28.8 Å². The van der Waals surface area contributed by atoms with Crippen molar-refractivity contribution in [3.05, 3.63) is 58.9 Å². The molecule has 1 fully saturated rings. The number of aromatic nitrogens is 1. The van der Waals surface area contributed by atoms with Crippen LogP contribution in [0.3, 0.4) is 0 Å². The monoisotopic (exact) mass is 353 g/mol. The predicted molar refractivity (Wildman–Crippen MR) is 102 cm³/mol. The standard InChI is InChI=1S/C21H27N3O2/c1-16-6-7-17(2)18(13-16)14-20(25)23-9-4-10-24(12-11-23)21(26)15-19-5-3-8-22-19/h3,5-8,13,22H,4,9-12,14-15H2,1-2H3. The molecule has 2 aromatic rings. The van der Waals surface area contributed by atoms with Crippen molar-refractivity contribution in [3.8, 4) is 0 Å². The number of rotatable bonds is 4. The van der Waals surface area contributed by atoms with Crippen molar-refractivity contribution in [1.82, 2.24) is 14.8 Å². The molecule has 5 heteroatoms. The third kappa shape index (κ3) is 4.54. The quantitative estimate of drug-likeness (QED) is 0.918. The van der Waals surface area contributed by atoms with E-state index in [-0.39, 0.29) is 11.8 Å². The van der Waals surface area contributed by atoms with E-state index in [0.29, 0.717) is 32.5 Å². The van der Waals surface area contributed by atoms with Crippen LogP contribution in [0.25, 0.3) is 0 Å². The van der Waals surface area contributed by atoms with Gasteiger partial charge in [0.25, 0.3) is 0 Å².